The highest BCUT2D eigenvalue weighted by atomic mass is 16.5. The summed E-state index contributed by atoms with van der Waals surface area (Å²) in [7, 11) is 2.99. The van der Waals surface area contributed by atoms with Gasteiger partial charge in [0.15, 0.2) is 0 Å². The lowest BCUT2D eigenvalue weighted by molar-refractivity contribution is -0.142. The van der Waals surface area contributed by atoms with Gasteiger partial charge in [0.25, 0.3) is 0 Å². The lowest BCUT2D eigenvalue weighted by Gasteiger charge is -2.38. The molecule has 1 saturated heterocycles. The van der Waals surface area contributed by atoms with Gasteiger partial charge in [0.2, 0.25) is 5.88 Å². The fourth-order valence-corrected chi connectivity index (χ4v) is 3.25. The predicted octanol–water partition coefficient (Wildman–Crippen LogP) is 1.63. The number of rotatable bonds is 7. The Hall–Kier alpha value is -2.65. The van der Waals surface area contributed by atoms with Gasteiger partial charge in [-0.1, -0.05) is 0 Å². The number of ether oxygens (including phenoxy) is 3. The van der Waals surface area contributed by atoms with Crippen molar-refractivity contribution in [2.75, 3.05) is 27.3 Å². The van der Waals surface area contributed by atoms with Crippen LogP contribution in [0.1, 0.15) is 36.8 Å². The van der Waals surface area contributed by atoms with Crippen LogP contribution in [0.5, 0.6) is 11.9 Å². The molecule has 2 aromatic heterocycles. The first-order chi connectivity index (χ1) is 13.4. The molecule has 2 aromatic rings. The van der Waals surface area contributed by atoms with Crippen molar-refractivity contribution in [3.63, 3.8) is 0 Å². The fourth-order valence-electron chi connectivity index (χ4n) is 3.25. The van der Waals surface area contributed by atoms with Gasteiger partial charge in [0.1, 0.15) is 18.1 Å². The van der Waals surface area contributed by atoms with Gasteiger partial charge in [0.05, 0.1) is 31.9 Å². The van der Waals surface area contributed by atoms with Crippen molar-refractivity contribution in [2.45, 2.75) is 38.5 Å². The summed E-state index contributed by atoms with van der Waals surface area (Å²) in [5.74, 6) is 1.38. The van der Waals surface area contributed by atoms with Gasteiger partial charge >= 0.3 is 12.0 Å². The Morgan fingerprint density at radius 2 is 1.96 bits per heavy atom. The van der Waals surface area contributed by atoms with Crippen LogP contribution >= 0.6 is 0 Å². The molecule has 0 spiro atoms. The summed E-state index contributed by atoms with van der Waals surface area (Å²) < 4.78 is 21.0. The summed E-state index contributed by atoms with van der Waals surface area (Å²) in [6.07, 6.45) is 2.59. The molecule has 0 unspecified atom stereocenters. The zero-order chi connectivity index (χ0) is 20.1. The third kappa shape index (κ3) is 4.60. The topological polar surface area (TPSA) is 107 Å². The Morgan fingerprint density at radius 3 is 2.61 bits per heavy atom. The average molecular weight is 391 g/mol. The SMILES string of the molecule is COc1ncc(C2(O)CCN(Cc3ccc(COC(C)=O)o3)CC2)c(OC)n1. The smallest absolute Gasteiger partial charge is 0.319 e. The third-order valence-electron chi connectivity index (χ3n) is 4.81. The van der Waals surface area contributed by atoms with Gasteiger partial charge < -0.3 is 23.7 Å². The zero-order valence-corrected chi connectivity index (χ0v) is 16.3. The summed E-state index contributed by atoms with van der Waals surface area (Å²) in [6, 6.07) is 3.88. The quantitative estimate of drug-likeness (QED) is 0.705. The largest absolute Gasteiger partial charge is 0.481 e. The standard InChI is InChI=1S/C19H25N3O6/c1-13(23)27-12-15-5-4-14(28-15)11-22-8-6-19(24,7-9-22)16-10-20-18(26-3)21-17(16)25-2/h4-5,10,24H,6-9,11-12H2,1-3H3. The average Bonchev–Trinajstić information content (AvgIpc) is 3.15. The summed E-state index contributed by atoms with van der Waals surface area (Å²) >= 11 is 0. The maximum Gasteiger partial charge on any atom is 0.319 e. The number of likely N-dealkylation sites (tertiary alicyclic amines) is 1. The lowest BCUT2D eigenvalue weighted by Crippen LogP contribution is -2.42. The van der Waals surface area contributed by atoms with E-state index in [1.807, 2.05) is 6.07 Å². The van der Waals surface area contributed by atoms with Crippen molar-refractivity contribution < 1.29 is 28.5 Å². The number of esters is 1. The number of aliphatic hydroxyl groups is 1. The fraction of sp³-hybridized carbons (Fsp3) is 0.526. The first kappa shape index (κ1) is 20.1. The number of nitrogens with zero attached hydrogens (tertiary/aromatic N) is 3. The highest BCUT2D eigenvalue weighted by Crippen LogP contribution is 2.37. The van der Waals surface area contributed by atoms with E-state index in [-0.39, 0.29) is 18.6 Å². The molecule has 0 radical (unpaired) electrons. The number of carbonyl (C=O) groups excluding carboxylic acids is 1. The molecule has 1 aliphatic rings. The van der Waals surface area contributed by atoms with Gasteiger partial charge in [-0.05, 0) is 25.0 Å². The Balaban J connectivity index is 1.60. The van der Waals surface area contributed by atoms with Crippen LogP contribution in [0.25, 0.3) is 0 Å². The first-order valence-electron chi connectivity index (χ1n) is 9.04. The third-order valence-corrected chi connectivity index (χ3v) is 4.81. The molecule has 1 aliphatic heterocycles. The van der Waals surface area contributed by atoms with E-state index in [2.05, 4.69) is 14.9 Å². The molecule has 9 nitrogen and oxygen atoms in total. The second kappa shape index (κ2) is 8.57. The van der Waals surface area contributed by atoms with E-state index in [1.54, 1.807) is 12.3 Å². The maximum atomic E-state index is 11.1. The molecule has 0 atom stereocenters. The van der Waals surface area contributed by atoms with E-state index in [4.69, 9.17) is 18.6 Å². The summed E-state index contributed by atoms with van der Waals surface area (Å²) in [4.78, 5) is 21.4. The minimum absolute atomic E-state index is 0.131. The van der Waals surface area contributed by atoms with Gasteiger partial charge in [-0.15, -0.1) is 0 Å². The monoisotopic (exact) mass is 391 g/mol. The van der Waals surface area contributed by atoms with Crippen molar-refractivity contribution in [3.05, 3.63) is 35.4 Å². The Bertz CT molecular complexity index is 814. The summed E-state index contributed by atoms with van der Waals surface area (Å²) in [6.45, 7) is 3.46. The van der Waals surface area contributed by atoms with Crippen LogP contribution in [0, 0.1) is 0 Å². The predicted molar refractivity (Wildman–Crippen MR) is 97.7 cm³/mol. The van der Waals surface area contributed by atoms with Crippen molar-refractivity contribution >= 4 is 5.97 Å². The lowest BCUT2D eigenvalue weighted by atomic mass is 9.85. The minimum atomic E-state index is -1.06. The van der Waals surface area contributed by atoms with Crippen LogP contribution in [-0.4, -0.2) is 53.3 Å². The molecule has 0 aromatic carbocycles. The highest BCUT2D eigenvalue weighted by molar-refractivity contribution is 5.65. The normalized spacial score (nSPS) is 16.6. The number of furan rings is 1. The number of aromatic nitrogens is 2. The number of piperidine rings is 1. The molecule has 0 aliphatic carbocycles. The van der Waals surface area contributed by atoms with Gasteiger partial charge in [-0.3, -0.25) is 9.69 Å². The molecular weight excluding hydrogens is 366 g/mol. The molecule has 28 heavy (non-hydrogen) atoms. The highest BCUT2D eigenvalue weighted by Gasteiger charge is 2.37. The van der Waals surface area contributed by atoms with E-state index in [9.17, 15) is 9.90 Å². The molecule has 3 heterocycles. The summed E-state index contributed by atoms with van der Waals surface area (Å²) in [5, 5.41) is 11.1. The van der Waals surface area contributed by atoms with Crippen molar-refractivity contribution in [3.8, 4) is 11.9 Å². The van der Waals surface area contributed by atoms with Crippen LogP contribution in [0.4, 0.5) is 0 Å². The van der Waals surface area contributed by atoms with Crippen LogP contribution in [-0.2, 0) is 28.3 Å². The molecule has 152 valence electrons. The first-order valence-corrected chi connectivity index (χ1v) is 9.04. The molecule has 0 bridgehead atoms. The van der Waals surface area contributed by atoms with Crippen LogP contribution in [0.2, 0.25) is 0 Å². The van der Waals surface area contributed by atoms with Gasteiger partial charge in [-0.2, -0.15) is 4.98 Å². The van der Waals surface area contributed by atoms with Crippen LogP contribution < -0.4 is 9.47 Å². The number of hydrogen-bond acceptors (Lipinski definition) is 9. The van der Waals surface area contributed by atoms with Crippen LogP contribution in [0.3, 0.4) is 0 Å². The molecule has 3 rings (SSSR count). The number of hydrogen-bond donors (Lipinski definition) is 1. The second-order valence-corrected chi connectivity index (χ2v) is 6.74. The summed E-state index contributed by atoms with van der Waals surface area (Å²) in [5.41, 5.74) is -0.491. The van der Waals surface area contributed by atoms with Gasteiger partial charge in [-0.25, -0.2) is 4.98 Å². The van der Waals surface area contributed by atoms with E-state index in [0.29, 0.717) is 49.7 Å². The molecule has 9 heteroatoms. The Kier molecular flexibility index (Phi) is 6.15. The number of methoxy groups -OCH3 is 2. The second-order valence-electron chi connectivity index (χ2n) is 6.74. The zero-order valence-electron chi connectivity index (χ0n) is 16.3. The van der Waals surface area contributed by atoms with E-state index < -0.39 is 5.60 Å². The maximum absolute atomic E-state index is 11.1. The minimum Gasteiger partial charge on any atom is -0.481 e. The molecule has 0 amide bonds. The molecule has 1 N–H and O–H groups in total. The molecule has 1 fully saturated rings. The van der Waals surface area contributed by atoms with E-state index in [1.165, 1.54) is 21.1 Å². The Labute approximate surface area is 163 Å². The van der Waals surface area contributed by atoms with Crippen molar-refractivity contribution in [1.29, 1.82) is 0 Å². The van der Waals surface area contributed by atoms with Gasteiger partial charge in [0, 0.05) is 26.2 Å². The molecular formula is C19H25N3O6. The van der Waals surface area contributed by atoms with E-state index in [0.717, 1.165) is 5.76 Å². The van der Waals surface area contributed by atoms with Crippen molar-refractivity contribution in [1.82, 2.24) is 14.9 Å². The van der Waals surface area contributed by atoms with E-state index >= 15 is 0 Å². The van der Waals surface area contributed by atoms with Crippen molar-refractivity contribution in [2.24, 2.45) is 0 Å². The number of carbonyl (C=O) groups is 1. The Morgan fingerprint density at radius 1 is 1.25 bits per heavy atom. The molecule has 0 saturated carbocycles. The van der Waals surface area contributed by atoms with Crippen LogP contribution in [0.15, 0.2) is 22.7 Å².